The van der Waals surface area contributed by atoms with Crippen LogP contribution in [0.3, 0.4) is 0 Å². The minimum atomic E-state index is -4.66. The van der Waals surface area contributed by atoms with Crippen molar-refractivity contribution in [3.8, 4) is 17.1 Å². The second-order valence-corrected chi connectivity index (χ2v) is 7.95. The van der Waals surface area contributed by atoms with Crippen LogP contribution < -0.4 is 10.1 Å². The van der Waals surface area contributed by atoms with Gasteiger partial charge in [-0.2, -0.15) is 18.2 Å². The Morgan fingerprint density at radius 2 is 1.90 bits per heavy atom. The van der Waals surface area contributed by atoms with Gasteiger partial charge in [0.25, 0.3) is 0 Å². The minimum Gasteiger partial charge on any atom is -0.493 e. The number of unbranched alkanes of at least 4 members (excludes halogenated alkanes) is 1. The fourth-order valence-corrected chi connectivity index (χ4v) is 3.37. The molecule has 30 heavy (non-hydrogen) atoms. The molecule has 1 aromatic heterocycles. The van der Waals surface area contributed by atoms with Gasteiger partial charge >= 0.3 is 12.1 Å². The number of amidine groups is 1. The highest BCUT2D eigenvalue weighted by atomic mass is 19.4. The van der Waals surface area contributed by atoms with Crippen molar-refractivity contribution in [1.29, 1.82) is 0 Å². The fraction of sp³-hybridized carbons (Fsp3) is 0.571. The summed E-state index contributed by atoms with van der Waals surface area (Å²) in [6.07, 6.45) is -1.90. The normalized spacial score (nSPS) is 16.7. The van der Waals surface area contributed by atoms with E-state index < -0.39 is 12.1 Å². The number of nitrogens with zero attached hydrogens (tertiary/aromatic N) is 3. The third-order valence-corrected chi connectivity index (χ3v) is 5.08. The van der Waals surface area contributed by atoms with Gasteiger partial charge < -0.3 is 14.6 Å². The average Bonchev–Trinajstić information content (AvgIpc) is 3.32. The van der Waals surface area contributed by atoms with Crippen molar-refractivity contribution in [3.05, 3.63) is 29.2 Å². The summed E-state index contributed by atoms with van der Waals surface area (Å²) >= 11 is 0. The molecule has 1 unspecified atom stereocenters. The van der Waals surface area contributed by atoms with Gasteiger partial charge in [0.15, 0.2) is 0 Å². The molecule has 2 aromatic rings. The Labute approximate surface area is 173 Å². The highest BCUT2D eigenvalue weighted by Gasteiger charge is 2.38. The molecule has 0 amide bonds. The van der Waals surface area contributed by atoms with Gasteiger partial charge in [-0.15, -0.1) is 0 Å². The van der Waals surface area contributed by atoms with Crippen molar-refractivity contribution in [2.24, 2.45) is 10.9 Å². The lowest BCUT2D eigenvalue weighted by molar-refractivity contribution is -0.159. The maximum atomic E-state index is 12.7. The smallest absolute Gasteiger partial charge is 0.471 e. The predicted octanol–water partition coefficient (Wildman–Crippen LogP) is 4.95. The minimum absolute atomic E-state index is 0.0929. The summed E-state index contributed by atoms with van der Waals surface area (Å²) in [7, 11) is 0. The van der Waals surface area contributed by atoms with Crippen LogP contribution in [0.4, 0.5) is 13.2 Å². The zero-order chi connectivity index (χ0) is 21.9. The highest BCUT2D eigenvalue weighted by Crippen LogP contribution is 2.32. The molecule has 9 heteroatoms. The van der Waals surface area contributed by atoms with Crippen LogP contribution in [0.2, 0.25) is 0 Å². The molecular weight excluding hydrogens is 397 g/mol. The molecule has 1 atom stereocenters. The maximum absolute atomic E-state index is 12.7. The van der Waals surface area contributed by atoms with E-state index >= 15 is 0 Å². The van der Waals surface area contributed by atoms with E-state index in [1.54, 1.807) is 12.1 Å². The second kappa shape index (κ2) is 9.06. The molecule has 1 aliphatic heterocycles. The number of nitrogens with one attached hydrogen (secondary N) is 1. The number of alkyl halides is 3. The van der Waals surface area contributed by atoms with Crippen LogP contribution >= 0.6 is 0 Å². The average molecular weight is 424 g/mol. The van der Waals surface area contributed by atoms with Crippen molar-refractivity contribution < 1.29 is 22.4 Å². The van der Waals surface area contributed by atoms with Crippen molar-refractivity contribution in [1.82, 2.24) is 15.5 Å². The van der Waals surface area contributed by atoms with Crippen LogP contribution in [0.15, 0.2) is 21.6 Å². The fourth-order valence-electron chi connectivity index (χ4n) is 3.37. The molecule has 2 heterocycles. The molecule has 0 spiro atoms. The molecule has 1 aromatic carbocycles. The zero-order valence-electron chi connectivity index (χ0n) is 17.6. The number of aryl methyl sites for hydroxylation is 2. The van der Waals surface area contributed by atoms with E-state index in [4.69, 9.17) is 4.74 Å². The van der Waals surface area contributed by atoms with Crippen LogP contribution in [-0.4, -0.2) is 35.2 Å². The first-order valence-corrected chi connectivity index (χ1v) is 10.1. The Hall–Kier alpha value is -2.58. The quantitative estimate of drug-likeness (QED) is 0.607. The number of ether oxygens (including phenoxy) is 1. The summed E-state index contributed by atoms with van der Waals surface area (Å²) in [6, 6.07) is 3.85. The van der Waals surface area contributed by atoms with Crippen LogP contribution in [0.1, 0.15) is 50.1 Å². The van der Waals surface area contributed by atoms with E-state index in [9.17, 15) is 13.2 Å². The van der Waals surface area contributed by atoms with Gasteiger partial charge in [-0.05, 0) is 55.9 Å². The van der Waals surface area contributed by atoms with Gasteiger partial charge in [0, 0.05) is 18.0 Å². The molecule has 6 nitrogen and oxygen atoms in total. The summed E-state index contributed by atoms with van der Waals surface area (Å²) in [5.74, 6) is 0.924. The van der Waals surface area contributed by atoms with Gasteiger partial charge in [0.1, 0.15) is 5.75 Å². The summed E-state index contributed by atoms with van der Waals surface area (Å²) in [5, 5.41) is 6.91. The third kappa shape index (κ3) is 5.31. The van der Waals surface area contributed by atoms with E-state index in [0.29, 0.717) is 24.1 Å². The first-order valence-electron chi connectivity index (χ1n) is 10.1. The van der Waals surface area contributed by atoms with Gasteiger partial charge in [0.2, 0.25) is 5.82 Å². The summed E-state index contributed by atoms with van der Waals surface area (Å²) in [6.45, 7) is 9.47. The number of hydrogen-bond acceptors (Lipinski definition) is 6. The van der Waals surface area contributed by atoms with Gasteiger partial charge in [-0.25, -0.2) is 0 Å². The Morgan fingerprint density at radius 3 is 2.47 bits per heavy atom. The number of halogens is 3. The molecule has 1 N–H and O–H groups in total. The van der Waals surface area contributed by atoms with Crippen LogP contribution in [0.5, 0.6) is 5.75 Å². The van der Waals surface area contributed by atoms with Crippen molar-refractivity contribution >= 4 is 5.84 Å². The zero-order valence-corrected chi connectivity index (χ0v) is 17.6. The Bertz CT molecular complexity index is 883. The Kier molecular flexibility index (Phi) is 6.67. The van der Waals surface area contributed by atoms with Crippen LogP contribution in [-0.2, 0) is 6.18 Å². The first-order chi connectivity index (χ1) is 14.1. The predicted molar refractivity (Wildman–Crippen MR) is 108 cm³/mol. The van der Waals surface area contributed by atoms with E-state index in [0.717, 1.165) is 48.5 Å². The number of aliphatic imine (C=N–C) groups is 1. The van der Waals surface area contributed by atoms with Gasteiger partial charge in [-0.1, -0.05) is 19.0 Å². The van der Waals surface area contributed by atoms with E-state index in [-0.39, 0.29) is 5.82 Å². The van der Waals surface area contributed by atoms with Crippen molar-refractivity contribution in [2.75, 3.05) is 13.2 Å². The lowest BCUT2D eigenvalue weighted by Crippen LogP contribution is -2.34. The topological polar surface area (TPSA) is 72.5 Å². The van der Waals surface area contributed by atoms with Crippen molar-refractivity contribution in [2.45, 2.75) is 59.2 Å². The molecule has 0 fully saturated rings. The summed E-state index contributed by atoms with van der Waals surface area (Å²) in [4.78, 5) is 8.00. The molecule has 164 valence electrons. The third-order valence-electron chi connectivity index (χ3n) is 5.08. The monoisotopic (exact) mass is 424 g/mol. The van der Waals surface area contributed by atoms with E-state index in [1.807, 2.05) is 13.8 Å². The molecule has 0 aliphatic carbocycles. The number of aromatic nitrogens is 2. The Morgan fingerprint density at radius 1 is 1.20 bits per heavy atom. The molecule has 0 radical (unpaired) electrons. The second-order valence-electron chi connectivity index (χ2n) is 7.95. The molecule has 3 rings (SSSR count). The summed E-state index contributed by atoms with van der Waals surface area (Å²) in [5.41, 5.74) is 2.08. The summed E-state index contributed by atoms with van der Waals surface area (Å²) < 4.78 is 48.3. The number of benzene rings is 1. The number of hydrogen-bond donors (Lipinski definition) is 1. The largest absolute Gasteiger partial charge is 0.493 e. The standard InChI is InChI=1S/C21H27F3N4O2/c1-12(2)16-11-25-17(26-16)7-5-6-8-29-18-13(3)9-15(10-14(18)4)19-27-20(30-28-19)21(22,23)24/h9-10,12,16H,5-8,11H2,1-4H3,(H,25,26). The van der Waals surface area contributed by atoms with E-state index in [1.165, 1.54) is 0 Å². The maximum Gasteiger partial charge on any atom is 0.471 e. The Balaban J connectivity index is 1.52. The van der Waals surface area contributed by atoms with Crippen molar-refractivity contribution in [3.63, 3.8) is 0 Å². The lowest BCUT2D eigenvalue weighted by atomic mass is 10.1. The lowest BCUT2D eigenvalue weighted by Gasteiger charge is -2.15. The molecular formula is C21H27F3N4O2. The first kappa shape index (κ1) is 22.1. The van der Waals surface area contributed by atoms with Gasteiger partial charge in [0.05, 0.1) is 19.0 Å². The molecule has 0 bridgehead atoms. The van der Waals surface area contributed by atoms with Gasteiger partial charge in [-0.3, -0.25) is 4.99 Å². The number of rotatable bonds is 8. The molecule has 0 saturated heterocycles. The van der Waals surface area contributed by atoms with Crippen LogP contribution in [0.25, 0.3) is 11.4 Å². The SMILES string of the molecule is Cc1cc(-c2noc(C(F)(F)F)n2)cc(C)c1OCCCCC1=NCC(C(C)C)N1. The van der Waals surface area contributed by atoms with Crippen LogP contribution in [0, 0.1) is 19.8 Å². The van der Waals surface area contributed by atoms with E-state index in [2.05, 4.69) is 38.8 Å². The highest BCUT2D eigenvalue weighted by molar-refractivity contribution is 5.84. The molecule has 1 aliphatic rings. The molecule has 0 saturated carbocycles.